The molecule has 4 aromatic heterocycles. The van der Waals surface area contributed by atoms with Crippen molar-refractivity contribution in [2.45, 2.75) is 6.92 Å². The first kappa shape index (κ1) is 17.5. The molecule has 0 radical (unpaired) electrons. The maximum Gasteiger partial charge on any atom is 0.153 e. The lowest BCUT2D eigenvalue weighted by Gasteiger charge is -2.09. The van der Waals surface area contributed by atoms with Gasteiger partial charge in [0.15, 0.2) is 5.82 Å². The molecule has 0 fully saturated rings. The molecule has 0 aliphatic rings. The number of aromatic nitrogens is 6. The topological polar surface area (TPSA) is 85.5 Å². The van der Waals surface area contributed by atoms with Crippen LogP contribution in [0.15, 0.2) is 36.9 Å². The van der Waals surface area contributed by atoms with Gasteiger partial charge in [0.25, 0.3) is 0 Å². The summed E-state index contributed by atoms with van der Waals surface area (Å²) in [6.45, 7) is 1.95. The van der Waals surface area contributed by atoms with E-state index in [9.17, 15) is 0 Å². The van der Waals surface area contributed by atoms with Gasteiger partial charge in [-0.2, -0.15) is 5.10 Å². The minimum absolute atomic E-state index is 0.691. The number of hydrogen-bond acceptors (Lipinski definition) is 6. The van der Waals surface area contributed by atoms with Crippen molar-refractivity contribution in [3.8, 4) is 11.8 Å². The van der Waals surface area contributed by atoms with Crippen molar-refractivity contribution in [3.63, 3.8) is 0 Å². The lowest BCUT2D eigenvalue weighted by molar-refractivity contribution is 0.771. The van der Waals surface area contributed by atoms with E-state index in [1.165, 1.54) is 0 Å². The highest BCUT2D eigenvalue weighted by atomic mass is 15.3. The van der Waals surface area contributed by atoms with Crippen LogP contribution in [0, 0.1) is 18.8 Å². The molecule has 4 rings (SSSR count). The van der Waals surface area contributed by atoms with Crippen LogP contribution in [0.5, 0.6) is 0 Å². The number of hydrogen-bond donors (Lipinski definition) is 2. The van der Waals surface area contributed by atoms with Crippen LogP contribution in [0.25, 0.3) is 10.8 Å². The smallest absolute Gasteiger partial charge is 0.153 e. The lowest BCUT2D eigenvalue weighted by Crippen LogP contribution is -1.99. The van der Waals surface area contributed by atoms with Gasteiger partial charge in [0.1, 0.15) is 23.2 Å². The number of nitrogens with one attached hydrogen (secondary N) is 2. The largest absolute Gasteiger partial charge is 0.373 e. The van der Waals surface area contributed by atoms with Crippen LogP contribution in [0.2, 0.25) is 0 Å². The van der Waals surface area contributed by atoms with Gasteiger partial charge in [0.2, 0.25) is 0 Å². The highest BCUT2D eigenvalue weighted by molar-refractivity contribution is 5.96. The number of nitrogens with zero attached hydrogens (tertiary/aromatic N) is 6. The molecule has 0 atom stereocenters. The minimum atomic E-state index is 0.691. The normalized spacial score (nSPS) is 10.6. The highest BCUT2D eigenvalue weighted by Crippen LogP contribution is 2.26. The molecular formula is C20H20N8. The minimum Gasteiger partial charge on any atom is -0.373 e. The third-order valence-electron chi connectivity index (χ3n) is 4.41. The molecular weight excluding hydrogens is 352 g/mol. The van der Waals surface area contributed by atoms with Crippen LogP contribution in [-0.4, -0.2) is 36.3 Å². The molecule has 0 unspecified atom stereocenters. The summed E-state index contributed by atoms with van der Waals surface area (Å²) in [5.74, 6) is 9.42. The first-order valence-corrected chi connectivity index (χ1v) is 8.78. The SMILES string of the molecule is CNc1ncc(C#Cc2cn(C)c(C)n2)c2cc(Nc3ccn(C)n3)ncc12. The Morgan fingerprint density at radius 1 is 1.04 bits per heavy atom. The summed E-state index contributed by atoms with van der Waals surface area (Å²) < 4.78 is 3.68. The molecule has 8 heteroatoms. The molecule has 0 spiro atoms. The predicted octanol–water partition coefficient (Wildman–Crippen LogP) is 2.59. The first-order chi connectivity index (χ1) is 13.5. The van der Waals surface area contributed by atoms with Gasteiger partial charge in [-0.25, -0.2) is 15.0 Å². The van der Waals surface area contributed by atoms with Gasteiger partial charge in [-0.1, -0.05) is 5.92 Å². The third kappa shape index (κ3) is 3.38. The summed E-state index contributed by atoms with van der Waals surface area (Å²) in [7, 11) is 5.66. The van der Waals surface area contributed by atoms with Crippen LogP contribution in [0.4, 0.5) is 17.5 Å². The number of imidazole rings is 1. The Hall–Kier alpha value is -3.86. The summed E-state index contributed by atoms with van der Waals surface area (Å²) >= 11 is 0. The Balaban J connectivity index is 1.78. The van der Waals surface area contributed by atoms with Gasteiger partial charge in [-0.15, -0.1) is 0 Å². The zero-order chi connectivity index (χ0) is 19.7. The monoisotopic (exact) mass is 372 g/mol. The molecule has 0 bridgehead atoms. The molecule has 0 aliphatic carbocycles. The van der Waals surface area contributed by atoms with E-state index >= 15 is 0 Å². The number of anilines is 3. The van der Waals surface area contributed by atoms with Crippen molar-refractivity contribution in [3.05, 3.63) is 54.0 Å². The van der Waals surface area contributed by atoms with Crippen LogP contribution < -0.4 is 10.6 Å². The van der Waals surface area contributed by atoms with E-state index in [0.29, 0.717) is 5.82 Å². The second kappa shape index (κ2) is 7.04. The maximum atomic E-state index is 4.49. The molecule has 2 N–H and O–H groups in total. The van der Waals surface area contributed by atoms with Crippen molar-refractivity contribution >= 4 is 28.2 Å². The third-order valence-corrected chi connectivity index (χ3v) is 4.41. The van der Waals surface area contributed by atoms with Crippen LogP contribution in [-0.2, 0) is 14.1 Å². The predicted molar refractivity (Wildman–Crippen MR) is 110 cm³/mol. The zero-order valence-electron chi connectivity index (χ0n) is 16.1. The Kier molecular flexibility index (Phi) is 4.41. The van der Waals surface area contributed by atoms with E-state index in [2.05, 4.69) is 42.5 Å². The number of aryl methyl sites for hydroxylation is 3. The second-order valence-electron chi connectivity index (χ2n) is 6.42. The Morgan fingerprint density at radius 3 is 2.57 bits per heavy atom. The average Bonchev–Trinajstić information content (AvgIpc) is 3.24. The molecule has 0 saturated carbocycles. The van der Waals surface area contributed by atoms with Gasteiger partial charge < -0.3 is 15.2 Å². The molecule has 0 amide bonds. The molecule has 4 heterocycles. The Labute approximate surface area is 162 Å². The quantitative estimate of drug-likeness (QED) is 0.538. The standard InChI is InChI=1S/C20H20N8/c1-13-24-15(12-27(13)3)6-5-14-10-23-20(21-2)17-11-22-19(9-16(14)17)25-18-7-8-28(4)26-18/h7-12H,1-4H3,(H,21,23)(H,22,25,26). The van der Waals surface area contributed by atoms with Crippen LogP contribution in [0.1, 0.15) is 17.1 Å². The van der Waals surface area contributed by atoms with E-state index in [4.69, 9.17) is 0 Å². The second-order valence-corrected chi connectivity index (χ2v) is 6.42. The fourth-order valence-corrected chi connectivity index (χ4v) is 2.87. The van der Waals surface area contributed by atoms with Crippen molar-refractivity contribution in [2.24, 2.45) is 14.1 Å². The maximum absolute atomic E-state index is 4.49. The summed E-state index contributed by atoms with van der Waals surface area (Å²) in [6.07, 6.45) is 7.34. The van der Waals surface area contributed by atoms with E-state index in [1.807, 2.05) is 57.2 Å². The van der Waals surface area contributed by atoms with Gasteiger partial charge in [-0.3, -0.25) is 4.68 Å². The molecule has 140 valence electrons. The fourth-order valence-electron chi connectivity index (χ4n) is 2.87. The van der Waals surface area contributed by atoms with Crippen molar-refractivity contribution in [1.82, 2.24) is 29.3 Å². The van der Waals surface area contributed by atoms with E-state index in [-0.39, 0.29) is 0 Å². The zero-order valence-corrected chi connectivity index (χ0v) is 16.1. The fraction of sp³-hybridized carbons (Fsp3) is 0.200. The molecule has 0 aliphatic heterocycles. The van der Waals surface area contributed by atoms with Crippen LogP contribution >= 0.6 is 0 Å². The van der Waals surface area contributed by atoms with Gasteiger partial charge in [-0.05, 0) is 18.9 Å². The van der Waals surface area contributed by atoms with E-state index in [1.54, 1.807) is 17.1 Å². The number of fused-ring (bicyclic) bond motifs is 1. The molecule has 0 aromatic carbocycles. The molecule has 28 heavy (non-hydrogen) atoms. The highest BCUT2D eigenvalue weighted by Gasteiger charge is 2.09. The summed E-state index contributed by atoms with van der Waals surface area (Å²) in [5, 5.41) is 12.5. The van der Waals surface area contributed by atoms with Crippen molar-refractivity contribution in [2.75, 3.05) is 17.7 Å². The average molecular weight is 372 g/mol. The summed E-state index contributed by atoms with van der Waals surface area (Å²) in [4.78, 5) is 13.4. The Morgan fingerprint density at radius 2 is 1.89 bits per heavy atom. The summed E-state index contributed by atoms with van der Waals surface area (Å²) in [6, 6.07) is 3.85. The van der Waals surface area contributed by atoms with Crippen molar-refractivity contribution in [1.29, 1.82) is 0 Å². The first-order valence-electron chi connectivity index (χ1n) is 8.78. The lowest BCUT2D eigenvalue weighted by atomic mass is 10.1. The van der Waals surface area contributed by atoms with Crippen LogP contribution in [0.3, 0.4) is 0 Å². The molecule has 0 saturated heterocycles. The number of rotatable bonds is 3. The Bertz CT molecular complexity index is 1200. The molecule has 4 aromatic rings. The molecule has 8 nitrogen and oxygen atoms in total. The van der Waals surface area contributed by atoms with E-state index in [0.717, 1.165) is 39.5 Å². The van der Waals surface area contributed by atoms with Crippen molar-refractivity contribution < 1.29 is 0 Å². The van der Waals surface area contributed by atoms with Gasteiger partial charge in [0.05, 0.1) is 5.56 Å². The number of pyridine rings is 2. The van der Waals surface area contributed by atoms with E-state index < -0.39 is 0 Å². The van der Waals surface area contributed by atoms with Gasteiger partial charge >= 0.3 is 0 Å². The summed E-state index contributed by atoms with van der Waals surface area (Å²) in [5.41, 5.74) is 1.54. The van der Waals surface area contributed by atoms with Gasteiger partial charge in [0, 0.05) is 62.8 Å².